The van der Waals surface area contributed by atoms with Crippen molar-refractivity contribution in [2.45, 2.75) is 13.5 Å². The van der Waals surface area contributed by atoms with Crippen LogP contribution in [-0.2, 0) is 16.1 Å². The molecule has 0 radical (unpaired) electrons. The number of fused-ring (bicyclic) bond motifs is 1. The van der Waals surface area contributed by atoms with Crippen LogP contribution < -0.4 is 5.32 Å². The Morgan fingerprint density at radius 1 is 0.969 bits per heavy atom. The second kappa shape index (κ2) is 9.53. The molecule has 1 N–H and O–H groups in total. The molecule has 0 bridgehead atoms. The molecule has 4 rings (SSSR count). The van der Waals surface area contributed by atoms with Crippen molar-refractivity contribution in [3.63, 3.8) is 0 Å². The zero-order valence-electron chi connectivity index (χ0n) is 17.3. The lowest BCUT2D eigenvalue weighted by atomic mass is 10.0. The van der Waals surface area contributed by atoms with Crippen LogP contribution in [0.2, 0.25) is 0 Å². The summed E-state index contributed by atoms with van der Waals surface area (Å²) >= 11 is 1.27. The van der Waals surface area contributed by atoms with Crippen molar-refractivity contribution in [1.29, 1.82) is 0 Å². The molecule has 2 aromatic carbocycles. The number of benzene rings is 2. The summed E-state index contributed by atoms with van der Waals surface area (Å²) in [6, 6.07) is 22.1. The first kappa shape index (κ1) is 21.4. The molecule has 7 heteroatoms. The number of hydrogen-bond donors (Lipinski definition) is 1. The molecule has 32 heavy (non-hydrogen) atoms. The number of rotatable bonds is 7. The predicted molar refractivity (Wildman–Crippen MR) is 124 cm³/mol. The smallest absolute Gasteiger partial charge is 0.339 e. The predicted octanol–water partition coefficient (Wildman–Crippen LogP) is 4.64. The molecule has 6 nitrogen and oxygen atoms in total. The highest BCUT2D eigenvalue weighted by atomic mass is 32.1. The minimum absolute atomic E-state index is 0.139. The van der Waals surface area contributed by atoms with E-state index in [1.807, 2.05) is 54.6 Å². The standard InChI is InChI=1S/C25H20N2O4S/c1-16(28)26-14-18-11-12-24(32-18)23(29)15-31-25(30)20-13-22(17-7-3-2-4-8-17)27-21-10-6-5-9-19(20)21/h2-13H,14-15H2,1H3,(H,26,28). The molecule has 2 aromatic heterocycles. The number of esters is 1. The minimum Gasteiger partial charge on any atom is -0.454 e. The lowest BCUT2D eigenvalue weighted by Crippen LogP contribution is -2.18. The fourth-order valence-electron chi connectivity index (χ4n) is 3.22. The van der Waals surface area contributed by atoms with Gasteiger partial charge in [-0.2, -0.15) is 0 Å². The Morgan fingerprint density at radius 2 is 1.72 bits per heavy atom. The summed E-state index contributed by atoms with van der Waals surface area (Å²) in [5, 5.41) is 3.36. The molecule has 0 aliphatic rings. The molecule has 0 aliphatic heterocycles. The van der Waals surface area contributed by atoms with E-state index in [2.05, 4.69) is 10.3 Å². The average Bonchev–Trinajstić information content (AvgIpc) is 3.30. The number of amides is 1. The van der Waals surface area contributed by atoms with Gasteiger partial charge in [-0.1, -0.05) is 48.5 Å². The van der Waals surface area contributed by atoms with Crippen molar-refractivity contribution in [2.24, 2.45) is 0 Å². The number of thiophene rings is 1. The van der Waals surface area contributed by atoms with E-state index in [-0.39, 0.29) is 18.3 Å². The fourth-order valence-corrected chi connectivity index (χ4v) is 4.09. The highest BCUT2D eigenvalue weighted by molar-refractivity contribution is 7.14. The van der Waals surface area contributed by atoms with E-state index in [0.717, 1.165) is 10.4 Å². The lowest BCUT2D eigenvalue weighted by Gasteiger charge is -2.10. The molecule has 0 saturated heterocycles. The highest BCUT2D eigenvalue weighted by Crippen LogP contribution is 2.25. The molecule has 0 aliphatic carbocycles. The summed E-state index contributed by atoms with van der Waals surface area (Å²) in [6.45, 7) is 1.43. The summed E-state index contributed by atoms with van der Waals surface area (Å²) in [4.78, 5) is 42.5. The van der Waals surface area contributed by atoms with Gasteiger partial charge in [0.1, 0.15) is 0 Å². The van der Waals surface area contributed by atoms with Crippen LogP contribution in [0, 0.1) is 0 Å². The first-order valence-corrected chi connectivity index (χ1v) is 10.8. The quantitative estimate of drug-likeness (QED) is 0.332. The number of nitrogens with zero attached hydrogens (tertiary/aromatic N) is 1. The third kappa shape index (κ3) is 4.90. The third-order valence-corrected chi connectivity index (χ3v) is 5.91. The first-order chi connectivity index (χ1) is 15.5. The van der Waals surface area contributed by atoms with Gasteiger partial charge in [0, 0.05) is 22.8 Å². The number of aromatic nitrogens is 1. The maximum absolute atomic E-state index is 12.9. The van der Waals surface area contributed by atoms with Gasteiger partial charge >= 0.3 is 5.97 Å². The zero-order chi connectivity index (χ0) is 22.5. The maximum Gasteiger partial charge on any atom is 0.339 e. The molecule has 0 unspecified atom stereocenters. The van der Waals surface area contributed by atoms with Crippen LogP contribution in [-0.4, -0.2) is 29.3 Å². The van der Waals surface area contributed by atoms with Crippen molar-refractivity contribution < 1.29 is 19.1 Å². The van der Waals surface area contributed by atoms with Crippen molar-refractivity contribution in [2.75, 3.05) is 6.61 Å². The van der Waals surface area contributed by atoms with Crippen molar-refractivity contribution in [1.82, 2.24) is 10.3 Å². The van der Waals surface area contributed by atoms with Crippen LogP contribution >= 0.6 is 11.3 Å². The zero-order valence-corrected chi connectivity index (χ0v) is 18.1. The monoisotopic (exact) mass is 444 g/mol. The van der Waals surface area contributed by atoms with Gasteiger partial charge in [-0.25, -0.2) is 9.78 Å². The van der Waals surface area contributed by atoms with E-state index < -0.39 is 5.97 Å². The van der Waals surface area contributed by atoms with Gasteiger partial charge in [0.25, 0.3) is 0 Å². The minimum atomic E-state index is -0.579. The number of Topliss-reactive ketones (excluding diaryl/α,β-unsaturated/α-hetero) is 1. The average molecular weight is 445 g/mol. The van der Waals surface area contributed by atoms with Crippen LogP contribution in [0.5, 0.6) is 0 Å². The maximum atomic E-state index is 12.9. The third-order valence-electron chi connectivity index (χ3n) is 4.79. The molecular weight excluding hydrogens is 424 g/mol. The molecule has 0 spiro atoms. The van der Waals surface area contributed by atoms with Gasteiger partial charge < -0.3 is 10.1 Å². The summed E-state index contributed by atoms with van der Waals surface area (Å²) in [7, 11) is 0. The topological polar surface area (TPSA) is 85.4 Å². The normalized spacial score (nSPS) is 10.7. The Morgan fingerprint density at radius 3 is 2.50 bits per heavy atom. The molecular formula is C25H20N2O4S. The van der Waals surface area contributed by atoms with Gasteiger partial charge in [-0.05, 0) is 24.3 Å². The number of nitrogens with one attached hydrogen (secondary N) is 1. The van der Waals surface area contributed by atoms with E-state index in [1.165, 1.54) is 18.3 Å². The van der Waals surface area contributed by atoms with Gasteiger partial charge in [0.05, 0.1) is 28.2 Å². The lowest BCUT2D eigenvalue weighted by molar-refractivity contribution is -0.119. The van der Waals surface area contributed by atoms with Gasteiger partial charge in [-0.15, -0.1) is 11.3 Å². The van der Waals surface area contributed by atoms with Crippen LogP contribution in [0.3, 0.4) is 0 Å². The SMILES string of the molecule is CC(=O)NCc1ccc(C(=O)COC(=O)c2cc(-c3ccccc3)nc3ccccc23)s1. The van der Waals surface area contributed by atoms with Crippen molar-refractivity contribution >= 4 is 39.9 Å². The molecule has 0 fully saturated rings. The van der Waals surface area contributed by atoms with Gasteiger partial charge in [0.2, 0.25) is 11.7 Å². The Labute approximate surface area is 188 Å². The van der Waals surface area contributed by atoms with Crippen LogP contribution in [0.25, 0.3) is 22.2 Å². The fraction of sp³-hybridized carbons (Fsp3) is 0.120. The Kier molecular flexibility index (Phi) is 6.37. The second-order valence-corrected chi connectivity index (χ2v) is 8.28. The molecule has 0 saturated carbocycles. The number of carbonyl (C=O) groups is 3. The van der Waals surface area contributed by atoms with Crippen LogP contribution in [0.4, 0.5) is 0 Å². The molecule has 160 valence electrons. The Hall–Kier alpha value is -3.84. The highest BCUT2D eigenvalue weighted by Gasteiger charge is 2.18. The van der Waals surface area contributed by atoms with E-state index in [1.54, 1.807) is 18.2 Å². The van der Waals surface area contributed by atoms with Crippen LogP contribution in [0.1, 0.15) is 31.8 Å². The molecule has 0 atom stereocenters. The molecule has 4 aromatic rings. The first-order valence-electron chi connectivity index (χ1n) is 10.00. The van der Waals surface area contributed by atoms with Gasteiger partial charge in [0.15, 0.2) is 6.61 Å². The summed E-state index contributed by atoms with van der Waals surface area (Å²) in [5.74, 6) is -1.01. The van der Waals surface area contributed by atoms with Crippen LogP contribution in [0.15, 0.2) is 72.8 Å². The van der Waals surface area contributed by atoms with Gasteiger partial charge in [-0.3, -0.25) is 9.59 Å². The summed E-state index contributed by atoms with van der Waals surface area (Å²) in [5.41, 5.74) is 2.57. The number of carbonyl (C=O) groups excluding carboxylic acids is 3. The number of para-hydroxylation sites is 1. The van der Waals surface area contributed by atoms with E-state index in [4.69, 9.17) is 4.74 Å². The number of hydrogen-bond acceptors (Lipinski definition) is 6. The van der Waals surface area contributed by atoms with E-state index in [0.29, 0.717) is 33.6 Å². The summed E-state index contributed by atoms with van der Waals surface area (Å²) in [6.07, 6.45) is 0. The van der Waals surface area contributed by atoms with Crippen molar-refractivity contribution in [3.8, 4) is 11.3 Å². The van der Waals surface area contributed by atoms with E-state index in [9.17, 15) is 14.4 Å². The Bertz CT molecular complexity index is 1300. The Balaban J connectivity index is 1.52. The van der Waals surface area contributed by atoms with E-state index >= 15 is 0 Å². The number of ketones is 1. The largest absolute Gasteiger partial charge is 0.454 e. The molecule has 2 heterocycles. The summed E-state index contributed by atoms with van der Waals surface area (Å²) < 4.78 is 5.37. The molecule has 1 amide bonds. The second-order valence-electron chi connectivity index (χ2n) is 7.11. The number of pyridine rings is 1. The number of ether oxygens (including phenoxy) is 1. The van der Waals surface area contributed by atoms with Crippen molar-refractivity contribution in [3.05, 3.63) is 88.1 Å².